The molecule has 30 rings (SSSR count). The maximum atomic E-state index is 6.05. The third kappa shape index (κ3) is 9.21. The molecule has 4 aliphatic rings. The normalized spacial score (nSPS) is 15.0. The van der Waals surface area contributed by atoms with Crippen molar-refractivity contribution >= 4 is 197 Å². The molecule has 18 aromatic carbocycles. The predicted octanol–water partition coefficient (Wildman–Crippen LogP) is 25.2. The fraction of sp³-hybridized carbons (Fsp3) is 0. The van der Waals surface area contributed by atoms with E-state index in [9.17, 15) is 0 Å². The summed E-state index contributed by atoms with van der Waals surface area (Å²) >= 11 is 3.67. The van der Waals surface area contributed by atoms with Gasteiger partial charge in [-0.25, -0.2) is 15.0 Å². The molecule has 130 heavy (non-hydrogen) atoms. The second-order valence-electron chi connectivity index (χ2n) is 35.4. The van der Waals surface area contributed by atoms with Crippen molar-refractivity contribution in [1.82, 2.24) is 33.2 Å². The number of hydrogen-bond donors (Lipinski definition) is 0. The number of imidazole rings is 1. The van der Waals surface area contributed by atoms with Gasteiger partial charge in [-0.1, -0.05) is 303 Å². The third-order valence-corrected chi connectivity index (χ3v) is 41.7. The van der Waals surface area contributed by atoms with Crippen molar-refractivity contribution in [3.8, 4) is 112 Å². The van der Waals surface area contributed by atoms with Crippen LogP contribution in [0.5, 0.6) is 0 Å². The molecule has 4 aliphatic heterocycles. The van der Waals surface area contributed by atoms with E-state index in [4.69, 9.17) is 15.0 Å². The lowest BCUT2D eigenvalue weighted by molar-refractivity contribution is 1.11. The number of rotatable bonds is 4. The Morgan fingerprint density at radius 3 is 1.04 bits per heavy atom. The summed E-state index contributed by atoms with van der Waals surface area (Å²) in [6, 6.07) is 156. The van der Waals surface area contributed by atoms with Crippen LogP contribution in [0.2, 0.25) is 0 Å². The lowest BCUT2D eigenvalue weighted by Crippen LogP contribution is -2.75. The lowest BCUT2D eigenvalue weighted by atomic mass is 9.90. The van der Waals surface area contributed by atoms with Crippen molar-refractivity contribution in [3.63, 3.8) is 0 Å². The van der Waals surface area contributed by atoms with Crippen molar-refractivity contribution in [2.75, 3.05) is 0 Å². The van der Waals surface area contributed by atoms with Crippen LogP contribution in [0, 0.1) is 0 Å². The molecule has 0 saturated carbocycles. The zero-order chi connectivity index (χ0) is 84.5. The molecule has 11 heteroatoms. The summed E-state index contributed by atoms with van der Waals surface area (Å²) in [5, 5.41) is 22.8. The zero-order valence-corrected chi connectivity index (χ0v) is 73.4. The zero-order valence-electron chi connectivity index (χ0n) is 69.8. The van der Waals surface area contributed by atoms with E-state index >= 15 is 0 Å². The number of thiophene rings is 2. The van der Waals surface area contributed by atoms with Crippen LogP contribution in [0.4, 0.5) is 0 Å². The number of fused-ring (bicyclic) bond motifs is 45. The Kier molecular flexibility index (Phi) is 14.4. The van der Waals surface area contributed by atoms with Crippen LogP contribution in [0.1, 0.15) is 0 Å². The molecule has 0 aliphatic carbocycles. The van der Waals surface area contributed by atoms with Crippen LogP contribution in [-0.4, -0.2) is 49.4 Å². The standard InChI is InChI=1S/C119H69N7S2Si2/c1-2-29-73-72(28-1)80-36-9-21-50-106(80)130(110-54-25-13-40-86(110)117-122-114-100(46-27-47-101(114)126(117)99-45-18-26-55-113(99)130)123-95-41-14-3-30-74(95)75-31-4-15-42-96(75)123)111-58-56-70(64-93(73)111)71-57-59-112-94(65-71)88-67-92-77-33-6-17-44-98(77)125(119-116-85(61-63-121-119)79-35-8-20-49-105(79)128-116)103(92)69-90(88)83-39-12-24-53-109(83)129(112)107-51-22-10-37-81(107)87-66-91-76-32-5-16-43-97(76)124(102(91)68-89(87)82-38-11-23-52-108(82)129)118-115-84(60-62-120-118)78-34-7-19-48-104(78)127-115/h1-69H. The molecule has 0 saturated heterocycles. The Hall–Kier alpha value is -16.0. The van der Waals surface area contributed by atoms with Crippen LogP contribution >= 0.6 is 22.7 Å². The molecule has 0 radical (unpaired) electrons. The highest BCUT2D eigenvalue weighted by molar-refractivity contribution is 7.27. The summed E-state index contributed by atoms with van der Waals surface area (Å²) in [6.45, 7) is 0. The number of aromatic nitrogens is 7. The van der Waals surface area contributed by atoms with Crippen molar-refractivity contribution in [2.45, 2.75) is 0 Å². The van der Waals surface area contributed by atoms with Crippen molar-refractivity contribution in [3.05, 3.63) is 419 Å². The molecule has 2 spiro atoms. The van der Waals surface area contributed by atoms with E-state index in [1.807, 2.05) is 35.1 Å². The first-order chi connectivity index (χ1) is 64.5. The van der Waals surface area contributed by atoms with Gasteiger partial charge in [-0.2, -0.15) is 0 Å². The molecule has 26 aromatic rings. The molecule has 12 heterocycles. The summed E-state index contributed by atoms with van der Waals surface area (Å²) in [5.74, 6) is 2.82. The topological polar surface area (TPSA) is 58.4 Å². The van der Waals surface area contributed by atoms with Gasteiger partial charge in [0.05, 0.1) is 53.7 Å². The van der Waals surface area contributed by atoms with Crippen LogP contribution in [0.3, 0.4) is 0 Å². The summed E-state index contributed by atoms with van der Waals surface area (Å²) < 4.78 is 14.7. The Morgan fingerprint density at radius 2 is 0.538 bits per heavy atom. The minimum Gasteiger partial charge on any atom is -0.307 e. The lowest BCUT2D eigenvalue weighted by Gasteiger charge is -2.37. The summed E-state index contributed by atoms with van der Waals surface area (Å²) in [7, 11) is -7.22. The number of pyridine rings is 2. The van der Waals surface area contributed by atoms with E-state index in [1.165, 1.54) is 181 Å². The minimum atomic E-state index is -3.68. The first kappa shape index (κ1) is 71.2. The smallest absolute Gasteiger partial charge is 0.183 e. The van der Waals surface area contributed by atoms with Gasteiger partial charge in [0.2, 0.25) is 0 Å². The number of nitrogens with zero attached hydrogens (tertiary/aromatic N) is 7. The fourth-order valence-electron chi connectivity index (χ4n) is 24.3. The average Bonchev–Trinajstić information content (AvgIpc) is 1.51. The second-order valence-corrected chi connectivity index (χ2v) is 44.8. The van der Waals surface area contributed by atoms with E-state index in [0.29, 0.717) is 0 Å². The SMILES string of the molecule is c1ccc2c(c1)-c1ccccc1[Si]1(c3ccc(-c4ccc5c(c4)-c4cc6c7ccccc7n(-c7nccc8c7sc7ccccc78)c6cc4-c4ccccc4[Si]54c5ccccc5-c5cc6c7ccccc7n(-c7nccc8c7sc7ccccc78)c6cc5-c5ccccc54)cc3-2)c2ccccc2-c2nc3c(-n4c5ccccc5c5ccccc54)cccc3n2-c2ccccc21. The van der Waals surface area contributed by atoms with Crippen LogP contribution < -0.4 is 41.5 Å². The van der Waals surface area contributed by atoms with E-state index in [-0.39, 0.29) is 0 Å². The monoisotopic (exact) mass is 1720 g/mol. The van der Waals surface area contributed by atoms with Crippen molar-refractivity contribution in [2.24, 2.45) is 0 Å². The molecule has 0 bridgehead atoms. The largest absolute Gasteiger partial charge is 0.307 e. The van der Waals surface area contributed by atoms with Crippen molar-refractivity contribution < 1.29 is 0 Å². The summed E-state index contributed by atoms with van der Waals surface area (Å²) in [5.41, 5.74) is 29.1. The molecule has 2 atom stereocenters. The first-order valence-electron chi connectivity index (χ1n) is 44.7. The predicted molar refractivity (Wildman–Crippen MR) is 550 cm³/mol. The molecule has 7 nitrogen and oxygen atoms in total. The minimum absolute atomic E-state index is 0.937. The van der Waals surface area contributed by atoms with Crippen molar-refractivity contribution in [1.29, 1.82) is 0 Å². The molecular formula is C119H69N7S2Si2. The highest BCUT2D eigenvalue weighted by Crippen LogP contribution is 2.52. The molecule has 600 valence electrons. The molecule has 8 aromatic heterocycles. The Labute approximate surface area is 755 Å². The van der Waals surface area contributed by atoms with Gasteiger partial charge in [0.15, 0.2) is 27.8 Å². The van der Waals surface area contributed by atoms with Gasteiger partial charge in [0.1, 0.15) is 11.3 Å². The van der Waals surface area contributed by atoms with Gasteiger partial charge in [0.25, 0.3) is 0 Å². The average molecular weight is 1720 g/mol. The van der Waals surface area contributed by atoms with Gasteiger partial charge in [-0.15, -0.1) is 22.7 Å². The molecule has 0 N–H and O–H groups in total. The maximum absolute atomic E-state index is 6.05. The summed E-state index contributed by atoms with van der Waals surface area (Å²) in [6.07, 6.45) is 4.03. The number of benzene rings is 18. The van der Waals surface area contributed by atoms with Gasteiger partial charge in [0, 0.05) is 86.9 Å². The highest BCUT2D eigenvalue weighted by atomic mass is 32.1. The Balaban J connectivity index is 0.689. The van der Waals surface area contributed by atoms with Gasteiger partial charge in [-0.3, -0.25) is 13.7 Å². The number of hydrogen-bond acceptors (Lipinski definition) is 5. The first-order valence-corrected chi connectivity index (χ1v) is 50.3. The Morgan fingerprint density at radius 1 is 0.200 bits per heavy atom. The van der Waals surface area contributed by atoms with Gasteiger partial charge in [-0.05, 0) is 223 Å². The second kappa shape index (κ2) is 26.3. The quantitative estimate of drug-likeness (QED) is 0.165. The van der Waals surface area contributed by atoms with E-state index in [0.717, 1.165) is 89.7 Å². The van der Waals surface area contributed by atoms with E-state index in [1.54, 1.807) is 0 Å². The highest BCUT2D eigenvalue weighted by Gasteiger charge is 2.53. The van der Waals surface area contributed by atoms with Crippen LogP contribution in [-0.2, 0) is 0 Å². The fourth-order valence-corrected chi connectivity index (χ4v) is 37.7. The maximum Gasteiger partial charge on any atom is 0.183 e. The molecular weight excluding hydrogens is 1650 g/mol. The van der Waals surface area contributed by atoms with E-state index in [2.05, 4.69) is 425 Å². The molecule has 0 amide bonds. The Bertz CT molecular complexity index is 9520. The molecule has 2 unspecified atom stereocenters. The third-order valence-electron chi connectivity index (χ3n) is 29.4. The van der Waals surface area contributed by atoms with Crippen LogP contribution in [0.15, 0.2) is 419 Å². The number of para-hydroxylation sites is 6. The summed E-state index contributed by atoms with van der Waals surface area (Å²) in [4.78, 5) is 16.9. The molecule has 0 fully saturated rings. The van der Waals surface area contributed by atoms with Gasteiger partial charge >= 0.3 is 0 Å². The van der Waals surface area contributed by atoms with E-state index < -0.39 is 16.1 Å². The van der Waals surface area contributed by atoms with Crippen LogP contribution in [0.25, 0.3) is 229 Å². The van der Waals surface area contributed by atoms with Gasteiger partial charge < -0.3 is 4.57 Å².